The molecule has 0 saturated heterocycles. The number of carbonyl (C=O) groups is 2. The molecule has 7 heteroatoms. The van der Waals surface area contributed by atoms with Crippen molar-refractivity contribution in [3.05, 3.63) is 125 Å². The molecule has 0 amide bonds. The largest absolute Gasteiger partial charge is 0.451 e. The van der Waals surface area contributed by atoms with Gasteiger partial charge in [-0.3, -0.25) is 4.79 Å². The Labute approximate surface area is 216 Å². The van der Waals surface area contributed by atoms with E-state index in [2.05, 4.69) is 26.0 Å². The summed E-state index contributed by atoms with van der Waals surface area (Å²) < 4.78 is 7.79. The fourth-order valence-electron chi connectivity index (χ4n) is 3.69. The Morgan fingerprint density at radius 3 is 1.97 bits per heavy atom. The quantitative estimate of drug-likeness (QED) is 0.177. The fourth-order valence-corrected chi connectivity index (χ4v) is 3.96. The van der Waals surface area contributed by atoms with Crippen LogP contribution in [0.2, 0.25) is 0 Å². The molecular formula is C29H20BrN3O3. The minimum atomic E-state index is -0.766. The van der Waals surface area contributed by atoms with Gasteiger partial charge in [0.1, 0.15) is 0 Å². The number of esters is 1. The number of aromatic nitrogens is 3. The van der Waals surface area contributed by atoms with Crippen molar-refractivity contribution in [3.8, 4) is 28.2 Å². The van der Waals surface area contributed by atoms with E-state index < -0.39 is 12.6 Å². The number of para-hydroxylation sites is 1. The van der Waals surface area contributed by atoms with E-state index in [-0.39, 0.29) is 11.6 Å². The molecule has 5 rings (SSSR count). The van der Waals surface area contributed by atoms with Gasteiger partial charge in [-0.15, -0.1) is 5.10 Å². The van der Waals surface area contributed by atoms with Crippen molar-refractivity contribution in [2.75, 3.05) is 6.61 Å². The van der Waals surface area contributed by atoms with Gasteiger partial charge in [0.15, 0.2) is 18.2 Å². The van der Waals surface area contributed by atoms with E-state index in [1.807, 2.05) is 97.1 Å². The van der Waals surface area contributed by atoms with Crippen molar-refractivity contribution < 1.29 is 14.3 Å². The first-order chi connectivity index (χ1) is 17.6. The second-order valence-electron chi connectivity index (χ2n) is 7.96. The minimum Gasteiger partial charge on any atom is -0.451 e. The highest BCUT2D eigenvalue weighted by Crippen LogP contribution is 2.24. The molecule has 6 nitrogen and oxygen atoms in total. The first-order valence-electron chi connectivity index (χ1n) is 11.2. The lowest BCUT2D eigenvalue weighted by atomic mass is 10.0. The van der Waals surface area contributed by atoms with Crippen molar-refractivity contribution in [2.24, 2.45) is 0 Å². The predicted molar refractivity (Wildman–Crippen MR) is 141 cm³/mol. The van der Waals surface area contributed by atoms with Crippen LogP contribution in [0.25, 0.3) is 28.2 Å². The van der Waals surface area contributed by atoms with Crippen molar-refractivity contribution in [2.45, 2.75) is 0 Å². The Hall–Kier alpha value is -4.36. The number of nitrogens with zero attached hydrogens (tertiary/aromatic N) is 3. The second-order valence-corrected chi connectivity index (χ2v) is 8.87. The van der Waals surface area contributed by atoms with Gasteiger partial charge in [0, 0.05) is 15.6 Å². The summed E-state index contributed by atoms with van der Waals surface area (Å²) in [7, 11) is 0. The zero-order valence-electron chi connectivity index (χ0n) is 19.0. The third-order valence-electron chi connectivity index (χ3n) is 5.54. The van der Waals surface area contributed by atoms with E-state index in [9.17, 15) is 9.59 Å². The van der Waals surface area contributed by atoms with E-state index in [1.165, 1.54) is 0 Å². The highest BCUT2D eigenvalue weighted by Gasteiger charge is 2.21. The molecule has 0 aliphatic rings. The SMILES string of the molecule is O=C(COC(=O)c1nc(-c2ccc(Br)cc2)n(-c2ccccc2)n1)c1ccc(-c2ccccc2)cc1. The van der Waals surface area contributed by atoms with Crippen LogP contribution in [0.15, 0.2) is 114 Å². The maximum Gasteiger partial charge on any atom is 0.378 e. The number of Topliss-reactive ketones (excluding diaryl/α,β-unsaturated/α-hetero) is 1. The zero-order chi connectivity index (χ0) is 24.9. The Morgan fingerprint density at radius 1 is 0.722 bits per heavy atom. The lowest BCUT2D eigenvalue weighted by Crippen LogP contribution is -2.15. The van der Waals surface area contributed by atoms with Crippen LogP contribution >= 0.6 is 15.9 Å². The van der Waals surface area contributed by atoms with Crippen LogP contribution in [0.1, 0.15) is 21.0 Å². The molecule has 0 fully saturated rings. The maximum absolute atomic E-state index is 12.8. The van der Waals surface area contributed by atoms with Gasteiger partial charge in [0.2, 0.25) is 0 Å². The van der Waals surface area contributed by atoms with Crippen molar-refractivity contribution in [3.63, 3.8) is 0 Å². The van der Waals surface area contributed by atoms with E-state index in [4.69, 9.17) is 4.74 Å². The number of hydrogen-bond acceptors (Lipinski definition) is 5. The molecule has 0 aliphatic carbocycles. The fraction of sp³-hybridized carbons (Fsp3) is 0.0345. The third-order valence-corrected chi connectivity index (χ3v) is 6.07. The number of carbonyl (C=O) groups excluding carboxylic acids is 2. The van der Waals surface area contributed by atoms with Gasteiger partial charge >= 0.3 is 5.97 Å². The summed E-state index contributed by atoms with van der Waals surface area (Å²) >= 11 is 3.43. The smallest absolute Gasteiger partial charge is 0.378 e. The number of hydrogen-bond donors (Lipinski definition) is 0. The number of halogens is 1. The zero-order valence-corrected chi connectivity index (χ0v) is 20.6. The van der Waals surface area contributed by atoms with Gasteiger partial charge in [-0.25, -0.2) is 14.5 Å². The standard InChI is InChI=1S/C29H20BrN3O3/c30-24-17-15-23(16-18-24)28-31-27(32-33(28)25-9-5-2-6-10-25)29(35)36-19-26(34)22-13-11-21(12-14-22)20-7-3-1-4-8-20/h1-18H,19H2. The summed E-state index contributed by atoms with van der Waals surface area (Å²) in [6, 6.07) is 34.0. The molecule has 0 spiro atoms. The lowest BCUT2D eigenvalue weighted by Gasteiger charge is -2.05. The lowest BCUT2D eigenvalue weighted by molar-refractivity contribution is 0.0462. The van der Waals surface area contributed by atoms with E-state index in [1.54, 1.807) is 16.8 Å². The second kappa shape index (κ2) is 10.5. The number of rotatable bonds is 7. The molecule has 36 heavy (non-hydrogen) atoms. The number of ketones is 1. The molecule has 1 aromatic heterocycles. The van der Waals surface area contributed by atoms with Gasteiger partial charge < -0.3 is 4.74 Å². The molecule has 0 radical (unpaired) electrons. The molecule has 4 aromatic carbocycles. The highest BCUT2D eigenvalue weighted by molar-refractivity contribution is 9.10. The molecule has 0 aliphatic heterocycles. The Bertz CT molecular complexity index is 1500. The average molecular weight is 538 g/mol. The van der Waals surface area contributed by atoms with Gasteiger partial charge in [0.05, 0.1) is 5.69 Å². The third kappa shape index (κ3) is 5.16. The molecule has 0 atom stereocenters. The van der Waals surface area contributed by atoms with Gasteiger partial charge in [-0.2, -0.15) is 0 Å². The molecule has 0 bridgehead atoms. The predicted octanol–water partition coefficient (Wildman–Crippen LogP) is 6.40. The van der Waals surface area contributed by atoms with E-state index in [0.29, 0.717) is 11.4 Å². The first-order valence-corrected chi connectivity index (χ1v) is 12.0. The summed E-state index contributed by atoms with van der Waals surface area (Å²) in [5, 5.41) is 4.38. The Balaban J connectivity index is 1.33. The van der Waals surface area contributed by atoms with Gasteiger partial charge in [-0.1, -0.05) is 101 Å². The molecular weight excluding hydrogens is 518 g/mol. The maximum atomic E-state index is 12.8. The highest BCUT2D eigenvalue weighted by atomic mass is 79.9. The van der Waals surface area contributed by atoms with Gasteiger partial charge in [0.25, 0.3) is 5.82 Å². The van der Waals surface area contributed by atoms with Crippen LogP contribution in [0.5, 0.6) is 0 Å². The molecule has 0 saturated carbocycles. The molecule has 176 valence electrons. The van der Waals surface area contributed by atoms with E-state index in [0.717, 1.165) is 26.9 Å². The van der Waals surface area contributed by atoms with Crippen LogP contribution in [-0.2, 0) is 4.74 Å². The molecule has 0 unspecified atom stereocenters. The topological polar surface area (TPSA) is 74.1 Å². The summed E-state index contributed by atoms with van der Waals surface area (Å²) in [4.78, 5) is 29.9. The van der Waals surface area contributed by atoms with Crippen LogP contribution in [0.3, 0.4) is 0 Å². The molecule has 0 N–H and O–H groups in total. The van der Waals surface area contributed by atoms with Crippen LogP contribution in [-0.4, -0.2) is 33.1 Å². The van der Waals surface area contributed by atoms with E-state index >= 15 is 0 Å². The van der Waals surface area contributed by atoms with Crippen molar-refractivity contribution in [1.29, 1.82) is 0 Å². The van der Waals surface area contributed by atoms with Crippen LogP contribution in [0, 0.1) is 0 Å². The summed E-state index contributed by atoms with van der Waals surface area (Å²) in [5.74, 6) is -0.705. The van der Waals surface area contributed by atoms with Gasteiger partial charge in [-0.05, 0) is 35.4 Å². The summed E-state index contributed by atoms with van der Waals surface area (Å²) in [5.41, 5.74) is 4.05. The van der Waals surface area contributed by atoms with Crippen molar-refractivity contribution in [1.82, 2.24) is 14.8 Å². The monoisotopic (exact) mass is 537 g/mol. The summed E-state index contributed by atoms with van der Waals surface area (Å²) in [6.45, 7) is -0.406. The first kappa shape index (κ1) is 23.4. The molecule has 1 heterocycles. The average Bonchev–Trinajstić information content (AvgIpc) is 3.39. The summed E-state index contributed by atoms with van der Waals surface area (Å²) in [6.07, 6.45) is 0. The minimum absolute atomic E-state index is 0.121. The van der Waals surface area contributed by atoms with Crippen LogP contribution in [0.4, 0.5) is 0 Å². The van der Waals surface area contributed by atoms with Crippen LogP contribution < -0.4 is 0 Å². The number of benzene rings is 4. The molecule has 5 aromatic rings. The number of ether oxygens (including phenoxy) is 1. The van der Waals surface area contributed by atoms with Crippen molar-refractivity contribution >= 4 is 27.7 Å². The normalized spacial score (nSPS) is 10.7. The Kier molecular flexibility index (Phi) is 6.82. The Morgan fingerprint density at radius 2 is 1.31 bits per heavy atom.